The van der Waals surface area contributed by atoms with Gasteiger partial charge in [0.05, 0.1) is 24.2 Å². The lowest BCUT2D eigenvalue weighted by molar-refractivity contribution is 0.0303. The third-order valence-electron chi connectivity index (χ3n) is 3.15. The molecule has 1 amide bonds. The van der Waals surface area contributed by atoms with E-state index in [1.165, 1.54) is 0 Å². The molecule has 0 spiro atoms. The van der Waals surface area contributed by atoms with Gasteiger partial charge in [-0.15, -0.1) is 0 Å². The minimum atomic E-state index is 0.0563. The molecule has 1 fully saturated rings. The van der Waals surface area contributed by atoms with Crippen LogP contribution in [0.4, 0.5) is 0 Å². The van der Waals surface area contributed by atoms with E-state index >= 15 is 0 Å². The molecule has 1 N–H and O–H groups in total. The quantitative estimate of drug-likeness (QED) is 0.825. The van der Waals surface area contributed by atoms with Crippen molar-refractivity contribution < 1.29 is 9.53 Å². The summed E-state index contributed by atoms with van der Waals surface area (Å²) in [7, 11) is 0. The average Bonchev–Trinajstić information content (AvgIpc) is 2.78. The topological polar surface area (TPSA) is 58.2 Å². The predicted octanol–water partition coefficient (Wildman–Crippen LogP) is 1.34. The summed E-state index contributed by atoms with van der Waals surface area (Å²) in [5.41, 5.74) is 2.49. The lowest BCUT2D eigenvalue weighted by atomic mass is 10.1. The molecule has 0 atom stereocenters. The van der Waals surface area contributed by atoms with Crippen molar-refractivity contribution in [2.24, 2.45) is 0 Å². The number of nitrogens with one attached hydrogen (secondary N) is 1. The van der Waals surface area contributed by atoms with E-state index in [-0.39, 0.29) is 5.91 Å². The molecule has 1 saturated heterocycles. The molecule has 1 aliphatic rings. The van der Waals surface area contributed by atoms with Crippen LogP contribution >= 0.6 is 0 Å². The summed E-state index contributed by atoms with van der Waals surface area (Å²) >= 11 is 0. The van der Waals surface area contributed by atoms with Crippen LogP contribution in [0, 0.1) is 6.92 Å². The number of benzene rings is 1. The van der Waals surface area contributed by atoms with E-state index in [1.54, 1.807) is 0 Å². The molecule has 1 aromatic carbocycles. The Morgan fingerprint density at radius 3 is 2.94 bits per heavy atom. The number of hydrogen-bond acceptors (Lipinski definition) is 3. The number of ether oxygens (including phenoxy) is 1. The third kappa shape index (κ3) is 1.97. The first-order valence-electron chi connectivity index (χ1n) is 6.07. The van der Waals surface area contributed by atoms with Crippen LogP contribution in [0.1, 0.15) is 16.2 Å². The van der Waals surface area contributed by atoms with Gasteiger partial charge in [0.2, 0.25) is 0 Å². The Bertz CT molecular complexity index is 585. The predicted molar refractivity (Wildman–Crippen MR) is 67.6 cm³/mol. The number of carbonyl (C=O) groups excluding carboxylic acids is 1. The van der Waals surface area contributed by atoms with Gasteiger partial charge in [-0.05, 0) is 25.1 Å². The minimum Gasteiger partial charge on any atom is -0.378 e. The number of aromatic nitrogens is 2. The van der Waals surface area contributed by atoms with Crippen molar-refractivity contribution in [2.45, 2.75) is 6.92 Å². The molecule has 3 rings (SSSR count). The zero-order chi connectivity index (χ0) is 12.5. The van der Waals surface area contributed by atoms with Gasteiger partial charge in [-0.25, -0.2) is 4.98 Å². The van der Waals surface area contributed by atoms with Crippen LogP contribution in [0.3, 0.4) is 0 Å². The van der Waals surface area contributed by atoms with Crippen LogP contribution in [0.15, 0.2) is 18.2 Å². The second kappa shape index (κ2) is 4.42. The van der Waals surface area contributed by atoms with Crippen molar-refractivity contribution in [1.82, 2.24) is 14.9 Å². The zero-order valence-corrected chi connectivity index (χ0v) is 10.3. The van der Waals surface area contributed by atoms with Crippen molar-refractivity contribution >= 4 is 16.9 Å². The number of rotatable bonds is 1. The lowest BCUT2D eigenvalue weighted by Gasteiger charge is -2.26. The fraction of sp³-hybridized carbons (Fsp3) is 0.385. The van der Waals surface area contributed by atoms with Gasteiger partial charge in [0.1, 0.15) is 5.82 Å². The van der Waals surface area contributed by atoms with Crippen LogP contribution < -0.4 is 0 Å². The Labute approximate surface area is 105 Å². The number of carbonyl (C=O) groups is 1. The largest absolute Gasteiger partial charge is 0.378 e. The maximum atomic E-state index is 12.3. The molecule has 94 valence electrons. The van der Waals surface area contributed by atoms with Crippen molar-refractivity contribution in [2.75, 3.05) is 26.3 Å². The monoisotopic (exact) mass is 245 g/mol. The highest BCUT2D eigenvalue weighted by atomic mass is 16.5. The Hall–Kier alpha value is -1.88. The van der Waals surface area contributed by atoms with Gasteiger partial charge in [0.15, 0.2) is 0 Å². The number of aryl methyl sites for hydroxylation is 1. The van der Waals surface area contributed by atoms with Crippen LogP contribution in [0.2, 0.25) is 0 Å². The van der Waals surface area contributed by atoms with E-state index in [4.69, 9.17) is 4.74 Å². The molecule has 0 saturated carbocycles. The molecule has 18 heavy (non-hydrogen) atoms. The van der Waals surface area contributed by atoms with Gasteiger partial charge in [-0.3, -0.25) is 4.79 Å². The molecule has 5 nitrogen and oxygen atoms in total. The van der Waals surface area contributed by atoms with Crippen molar-refractivity contribution in [3.8, 4) is 0 Å². The van der Waals surface area contributed by atoms with Gasteiger partial charge < -0.3 is 14.6 Å². The summed E-state index contributed by atoms with van der Waals surface area (Å²) in [6.45, 7) is 4.47. The van der Waals surface area contributed by atoms with Crippen LogP contribution in [0.25, 0.3) is 11.0 Å². The molecule has 2 aromatic rings. The SMILES string of the molecule is Cc1nc2cc(C(=O)N3CCOCC3)ccc2[nH]1. The van der Waals surface area contributed by atoms with E-state index in [0.29, 0.717) is 31.9 Å². The number of amides is 1. The normalized spacial score (nSPS) is 16.2. The van der Waals surface area contributed by atoms with Crippen molar-refractivity contribution in [3.63, 3.8) is 0 Å². The van der Waals surface area contributed by atoms with Gasteiger partial charge in [-0.2, -0.15) is 0 Å². The second-order valence-electron chi connectivity index (χ2n) is 4.46. The first-order chi connectivity index (χ1) is 8.74. The number of morpholine rings is 1. The standard InChI is InChI=1S/C13H15N3O2/c1-9-14-11-3-2-10(8-12(11)15-9)13(17)16-4-6-18-7-5-16/h2-3,8H,4-7H2,1H3,(H,14,15). The van der Waals surface area contributed by atoms with Crippen molar-refractivity contribution in [3.05, 3.63) is 29.6 Å². The number of H-pyrrole nitrogens is 1. The molecular formula is C13H15N3O2. The molecule has 0 aliphatic carbocycles. The van der Waals surface area contributed by atoms with Crippen LogP contribution in [0.5, 0.6) is 0 Å². The highest BCUT2D eigenvalue weighted by Gasteiger charge is 2.18. The number of hydrogen-bond donors (Lipinski definition) is 1. The molecule has 2 heterocycles. The molecule has 5 heteroatoms. The van der Waals surface area contributed by atoms with Gasteiger partial charge in [0, 0.05) is 18.7 Å². The van der Waals surface area contributed by atoms with Crippen LogP contribution in [-0.2, 0) is 4.74 Å². The smallest absolute Gasteiger partial charge is 0.254 e. The van der Waals surface area contributed by atoms with Gasteiger partial charge in [0.25, 0.3) is 5.91 Å². The maximum Gasteiger partial charge on any atom is 0.254 e. The molecule has 1 aliphatic heterocycles. The minimum absolute atomic E-state index is 0.0563. The van der Waals surface area contributed by atoms with E-state index in [2.05, 4.69) is 9.97 Å². The molecule has 1 aromatic heterocycles. The Kier molecular flexibility index (Phi) is 2.76. The Balaban J connectivity index is 1.90. The number of fused-ring (bicyclic) bond motifs is 1. The summed E-state index contributed by atoms with van der Waals surface area (Å²) in [6, 6.07) is 5.59. The summed E-state index contributed by atoms with van der Waals surface area (Å²) in [6.07, 6.45) is 0. The van der Waals surface area contributed by atoms with E-state index in [9.17, 15) is 4.79 Å². The number of imidazole rings is 1. The third-order valence-corrected chi connectivity index (χ3v) is 3.15. The van der Waals surface area contributed by atoms with Crippen LogP contribution in [-0.4, -0.2) is 47.1 Å². The first-order valence-corrected chi connectivity index (χ1v) is 6.07. The Morgan fingerprint density at radius 2 is 2.17 bits per heavy atom. The molecular weight excluding hydrogens is 230 g/mol. The fourth-order valence-electron chi connectivity index (χ4n) is 2.22. The summed E-state index contributed by atoms with van der Waals surface area (Å²) in [5, 5.41) is 0. The summed E-state index contributed by atoms with van der Waals surface area (Å²) in [4.78, 5) is 21.6. The molecule has 0 radical (unpaired) electrons. The zero-order valence-electron chi connectivity index (χ0n) is 10.3. The summed E-state index contributed by atoms with van der Waals surface area (Å²) in [5.74, 6) is 0.918. The highest BCUT2D eigenvalue weighted by Crippen LogP contribution is 2.15. The van der Waals surface area contributed by atoms with Gasteiger partial charge in [-0.1, -0.05) is 0 Å². The Morgan fingerprint density at radius 1 is 1.39 bits per heavy atom. The number of nitrogens with zero attached hydrogens (tertiary/aromatic N) is 2. The first kappa shape index (κ1) is 11.2. The molecule has 0 unspecified atom stereocenters. The van der Waals surface area contributed by atoms with E-state index < -0.39 is 0 Å². The van der Waals surface area contributed by atoms with Gasteiger partial charge >= 0.3 is 0 Å². The fourth-order valence-corrected chi connectivity index (χ4v) is 2.22. The second-order valence-corrected chi connectivity index (χ2v) is 4.46. The lowest BCUT2D eigenvalue weighted by Crippen LogP contribution is -2.40. The average molecular weight is 245 g/mol. The maximum absolute atomic E-state index is 12.3. The molecule has 0 bridgehead atoms. The van der Waals surface area contributed by atoms with E-state index in [1.807, 2.05) is 30.0 Å². The van der Waals surface area contributed by atoms with Crippen molar-refractivity contribution in [1.29, 1.82) is 0 Å². The van der Waals surface area contributed by atoms with E-state index in [0.717, 1.165) is 16.9 Å². The number of aromatic amines is 1. The highest BCUT2D eigenvalue weighted by molar-refractivity contribution is 5.97. The summed E-state index contributed by atoms with van der Waals surface area (Å²) < 4.78 is 5.25.